The van der Waals surface area contributed by atoms with Crippen molar-refractivity contribution >= 4 is 11.2 Å². The van der Waals surface area contributed by atoms with Gasteiger partial charge in [0.15, 0.2) is 17.1 Å². The number of pyridine rings is 2. The lowest BCUT2D eigenvalue weighted by atomic mass is 10.2. The average molecular weight is 362 g/mol. The van der Waals surface area contributed by atoms with Gasteiger partial charge in [0.25, 0.3) is 5.56 Å². The summed E-state index contributed by atoms with van der Waals surface area (Å²) in [6.07, 6.45) is 3.39. The maximum atomic E-state index is 12.3. The highest BCUT2D eigenvalue weighted by molar-refractivity contribution is 5.73. The molecule has 3 heterocycles. The van der Waals surface area contributed by atoms with E-state index in [1.165, 1.54) is 10.6 Å². The van der Waals surface area contributed by atoms with Gasteiger partial charge in [-0.25, -0.2) is 4.98 Å². The highest BCUT2D eigenvalue weighted by atomic mass is 16.5. The molecule has 0 saturated carbocycles. The van der Waals surface area contributed by atoms with Crippen molar-refractivity contribution in [1.29, 1.82) is 0 Å². The number of hydrogen-bond donors (Lipinski definition) is 0. The zero-order chi connectivity index (χ0) is 18.8. The first kappa shape index (κ1) is 16.8. The molecule has 0 saturated heterocycles. The Balaban J connectivity index is 1.87. The number of ether oxygens (including phenoxy) is 2. The number of fused-ring (bicyclic) bond motifs is 1. The molecule has 0 radical (unpaired) electrons. The van der Waals surface area contributed by atoms with E-state index in [-0.39, 0.29) is 5.56 Å². The SMILES string of the molecule is COc1ccc(Cn2c(-n3ccccc3=O)nc3ncccc32)cc1OC. The Kier molecular flexibility index (Phi) is 4.33. The van der Waals surface area contributed by atoms with Crippen molar-refractivity contribution in [2.75, 3.05) is 14.2 Å². The van der Waals surface area contributed by atoms with Gasteiger partial charge < -0.3 is 14.0 Å². The third-order valence-corrected chi connectivity index (χ3v) is 4.33. The highest BCUT2D eigenvalue weighted by Gasteiger charge is 2.15. The van der Waals surface area contributed by atoms with Crippen molar-refractivity contribution in [3.63, 3.8) is 0 Å². The van der Waals surface area contributed by atoms with Crippen LogP contribution >= 0.6 is 0 Å². The Morgan fingerprint density at radius 3 is 2.63 bits per heavy atom. The van der Waals surface area contributed by atoms with Crippen LogP contribution < -0.4 is 15.0 Å². The number of methoxy groups -OCH3 is 2. The molecule has 7 nitrogen and oxygen atoms in total. The van der Waals surface area contributed by atoms with Gasteiger partial charge in [-0.1, -0.05) is 12.1 Å². The third-order valence-electron chi connectivity index (χ3n) is 4.33. The summed E-state index contributed by atoms with van der Waals surface area (Å²) in [6.45, 7) is 0.499. The molecule has 0 atom stereocenters. The molecule has 0 aliphatic carbocycles. The van der Waals surface area contributed by atoms with Gasteiger partial charge in [-0.05, 0) is 35.9 Å². The summed E-state index contributed by atoms with van der Waals surface area (Å²) in [7, 11) is 3.21. The van der Waals surface area contributed by atoms with Crippen LogP contribution in [0.1, 0.15) is 5.56 Å². The molecule has 0 spiro atoms. The number of nitrogens with zero attached hydrogens (tertiary/aromatic N) is 4. The predicted molar refractivity (Wildman–Crippen MR) is 102 cm³/mol. The van der Waals surface area contributed by atoms with E-state index in [4.69, 9.17) is 9.47 Å². The normalized spacial score (nSPS) is 10.9. The maximum absolute atomic E-state index is 12.3. The van der Waals surface area contributed by atoms with Crippen LogP contribution in [0, 0.1) is 0 Å². The molecule has 0 aliphatic rings. The molecule has 3 aromatic heterocycles. The average Bonchev–Trinajstić information content (AvgIpc) is 3.06. The Morgan fingerprint density at radius 2 is 1.85 bits per heavy atom. The molecule has 4 rings (SSSR count). The summed E-state index contributed by atoms with van der Waals surface area (Å²) in [5.41, 5.74) is 2.27. The van der Waals surface area contributed by atoms with Gasteiger partial charge in [0.2, 0.25) is 5.95 Å². The molecule has 0 aliphatic heterocycles. The molecule has 4 aromatic rings. The number of aromatic nitrogens is 4. The van der Waals surface area contributed by atoms with Gasteiger partial charge in [-0.3, -0.25) is 9.36 Å². The van der Waals surface area contributed by atoms with Crippen LogP contribution in [0.25, 0.3) is 17.1 Å². The van der Waals surface area contributed by atoms with Crippen molar-refractivity contribution in [3.05, 3.63) is 76.8 Å². The van der Waals surface area contributed by atoms with E-state index < -0.39 is 0 Å². The van der Waals surface area contributed by atoms with Crippen molar-refractivity contribution in [2.24, 2.45) is 0 Å². The van der Waals surface area contributed by atoms with Crippen molar-refractivity contribution in [1.82, 2.24) is 19.1 Å². The molecular formula is C20H18N4O3. The molecular weight excluding hydrogens is 344 g/mol. The summed E-state index contributed by atoms with van der Waals surface area (Å²) >= 11 is 0. The largest absolute Gasteiger partial charge is 0.493 e. The van der Waals surface area contributed by atoms with Gasteiger partial charge in [0, 0.05) is 18.5 Å². The monoisotopic (exact) mass is 362 g/mol. The minimum Gasteiger partial charge on any atom is -0.493 e. The van der Waals surface area contributed by atoms with Gasteiger partial charge in [0.1, 0.15) is 0 Å². The fraction of sp³-hybridized carbons (Fsp3) is 0.150. The standard InChI is InChI=1S/C20H18N4O3/c1-26-16-9-8-14(12-17(16)27-2)13-24-15-6-5-10-21-19(15)22-20(24)23-11-4-3-7-18(23)25/h3-12H,13H2,1-2H3. The summed E-state index contributed by atoms with van der Waals surface area (Å²) in [6, 6.07) is 14.5. The van der Waals surface area contributed by atoms with E-state index in [0.29, 0.717) is 29.6 Å². The van der Waals surface area contributed by atoms with Crippen LogP contribution in [0.5, 0.6) is 11.5 Å². The molecule has 0 unspecified atom stereocenters. The second-order valence-electron chi connectivity index (χ2n) is 5.94. The summed E-state index contributed by atoms with van der Waals surface area (Å²) in [4.78, 5) is 21.2. The molecule has 1 aromatic carbocycles. The Morgan fingerprint density at radius 1 is 1.00 bits per heavy atom. The van der Waals surface area contributed by atoms with E-state index in [1.807, 2.05) is 34.9 Å². The minimum absolute atomic E-state index is 0.152. The number of rotatable bonds is 5. The number of imidazole rings is 1. The minimum atomic E-state index is -0.152. The fourth-order valence-electron chi connectivity index (χ4n) is 3.04. The Hall–Kier alpha value is -3.61. The van der Waals surface area contributed by atoms with Crippen LogP contribution in [0.15, 0.2) is 65.7 Å². The van der Waals surface area contributed by atoms with Gasteiger partial charge in [0.05, 0.1) is 26.3 Å². The zero-order valence-electron chi connectivity index (χ0n) is 15.0. The maximum Gasteiger partial charge on any atom is 0.257 e. The molecule has 0 bridgehead atoms. The van der Waals surface area contributed by atoms with Crippen LogP contribution in [0.3, 0.4) is 0 Å². The quantitative estimate of drug-likeness (QED) is 0.546. The lowest BCUT2D eigenvalue weighted by Crippen LogP contribution is -2.20. The van der Waals surface area contributed by atoms with E-state index in [1.54, 1.807) is 38.7 Å². The van der Waals surface area contributed by atoms with Crippen molar-refractivity contribution in [2.45, 2.75) is 6.54 Å². The zero-order valence-corrected chi connectivity index (χ0v) is 15.0. The van der Waals surface area contributed by atoms with E-state index in [0.717, 1.165) is 11.1 Å². The van der Waals surface area contributed by atoms with Crippen LogP contribution in [-0.2, 0) is 6.54 Å². The lowest BCUT2D eigenvalue weighted by molar-refractivity contribution is 0.354. The van der Waals surface area contributed by atoms with Crippen LogP contribution in [0.2, 0.25) is 0 Å². The second kappa shape index (κ2) is 6.95. The van der Waals surface area contributed by atoms with E-state index in [9.17, 15) is 4.79 Å². The summed E-state index contributed by atoms with van der Waals surface area (Å²) in [5, 5.41) is 0. The first-order chi connectivity index (χ1) is 13.2. The van der Waals surface area contributed by atoms with Crippen molar-refractivity contribution in [3.8, 4) is 17.4 Å². The van der Waals surface area contributed by atoms with Crippen molar-refractivity contribution < 1.29 is 9.47 Å². The lowest BCUT2D eigenvalue weighted by Gasteiger charge is -2.13. The highest BCUT2D eigenvalue weighted by Crippen LogP contribution is 2.28. The molecule has 0 N–H and O–H groups in total. The van der Waals surface area contributed by atoms with Gasteiger partial charge in [-0.15, -0.1) is 0 Å². The topological polar surface area (TPSA) is 71.2 Å². The third kappa shape index (κ3) is 3.03. The predicted octanol–water partition coefficient (Wildman–Crippen LogP) is 2.65. The fourth-order valence-corrected chi connectivity index (χ4v) is 3.04. The Labute approximate surface area is 155 Å². The van der Waals surface area contributed by atoms with Gasteiger partial charge >= 0.3 is 0 Å². The molecule has 0 amide bonds. The van der Waals surface area contributed by atoms with Crippen LogP contribution in [-0.4, -0.2) is 33.3 Å². The van der Waals surface area contributed by atoms with E-state index >= 15 is 0 Å². The number of benzene rings is 1. The first-order valence-corrected chi connectivity index (χ1v) is 8.41. The van der Waals surface area contributed by atoms with Crippen LogP contribution in [0.4, 0.5) is 0 Å². The molecule has 27 heavy (non-hydrogen) atoms. The summed E-state index contributed by atoms with van der Waals surface area (Å²) < 4.78 is 14.2. The van der Waals surface area contributed by atoms with E-state index in [2.05, 4.69) is 9.97 Å². The molecule has 0 fully saturated rings. The smallest absolute Gasteiger partial charge is 0.257 e. The molecule has 7 heteroatoms. The van der Waals surface area contributed by atoms with Gasteiger partial charge in [-0.2, -0.15) is 4.98 Å². The first-order valence-electron chi connectivity index (χ1n) is 8.41. The number of hydrogen-bond acceptors (Lipinski definition) is 5. The molecule has 136 valence electrons. The Bertz CT molecular complexity index is 1160. The summed E-state index contributed by atoms with van der Waals surface area (Å²) in [5.74, 6) is 1.83. The second-order valence-corrected chi connectivity index (χ2v) is 5.94.